The quantitative estimate of drug-likeness (QED) is 0.920. The molecule has 4 rings (SSSR count). The van der Waals surface area contributed by atoms with E-state index in [2.05, 4.69) is 29.1 Å². The Morgan fingerprint density at radius 3 is 2.92 bits per heavy atom. The van der Waals surface area contributed by atoms with Crippen molar-refractivity contribution in [3.8, 4) is 11.4 Å². The standard InChI is InChI=1S/C21H28N4O/c1-24-12-5-6-16(14-24)9-10-20(26)25-13-11-18-19(15-25)23-21(22-18)17-7-3-2-4-8-17/h2-4,7-8,16H,5-6,9-15H2,1H3,(H,22,23). The maximum atomic E-state index is 12.7. The molecule has 1 saturated heterocycles. The SMILES string of the molecule is CN1CCCC(CCC(=O)N2CCc3nc(-c4ccccc4)[nH]c3C2)C1. The molecule has 5 nitrogen and oxygen atoms in total. The number of fused-ring (bicyclic) bond motifs is 1. The molecule has 0 saturated carbocycles. The van der Waals surface area contributed by atoms with Crippen LogP contribution in [0.4, 0.5) is 0 Å². The van der Waals surface area contributed by atoms with E-state index in [1.807, 2.05) is 23.1 Å². The van der Waals surface area contributed by atoms with Crippen LogP contribution < -0.4 is 0 Å². The highest BCUT2D eigenvalue weighted by Crippen LogP contribution is 2.24. The van der Waals surface area contributed by atoms with Crippen LogP contribution in [0.3, 0.4) is 0 Å². The number of hydrogen-bond acceptors (Lipinski definition) is 3. The van der Waals surface area contributed by atoms with Crippen LogP contribution in [0.1, 0.15) is 37.1 Å². The Morgan fingerprint density at radius 1 is 1.27 bits per heavy atom. The van der Waals surface area contributed by atoms with Gasteiger partial charge < -0.3 is 14.8 Å². The number of hydrogen-bond donors (Lipinski definition) is 1. The second-order valence-corrected chi connectivity index (χ2v) is 7.75. The lowest BCUT2D eigenvalue weighted by molar-refractivity contribution is -0.132. The molecule has 2 aliphatic rings. The molecule has 1 unspecified atom stereocenters. The van der Waals surface area contributed by atoms with Crippen LogP contribution in [0.15, 0.2) is 30.3 Å². The second-order valence-electron chi connectivity index (χ2n) is 7.75. The van der Waals surface area contributed by atoms with Gasteiger partial charge in [-0.1, -0.05) is 30.3 Å². The molecule has 2 aromatic rings. The van der Waals surface area contributed by atoms with Gasteiger partial charge in [0.25, 0.3) is 0 Å². The Labute approximate surface area is 155 Å². The molecule has 0 bridgehead atoms. The highest BCUT2D eigenvalue weighted by molar-refractivity contribution is 5.76. The first-order valence-corrected chi connectivity index (χ1v) is 9.78. The van der Waals surface area contributed by atoms with Crippen molar-refractivity contribution >= 4 is 5.91 Å². The van der Waals surface area contributed by atoms with Crippen LogP contribution >= 0.6 is 0 Å². The minimum atomic E-state index is 0.291. The number of nitrogens with zero attached hydrogens (tertiary/aromatic N) is 3. The van der Waals surface area contributed by atoms with Crippen molar-refractivity contribution in [2.45, 2.75) is 38.6 Å². The van der Waals surface area contributed by atoms with Crippen molar-refractivity contribution in [2.75, 3.05) is 26.7 Å². The van der Waals surface area contributed by atoms with Crippen LogP contribution in [-0.4, -0.2) is 52.4 Å². The van der Waals surface area contributed by atoms with Crippen LogP contribution in [0.2, 0.25) is 0 Å². The van der Waals surface area contributed by atoms with Crippen LogP contribution in [-0.2, 0) is 17.8 Å². The van der Waals surface area contributed by atoms with Crippen molar-refractivity contribution in [1.82, 2.24) is 19.8 Å². The normalized spacial score (nSPS) is 20.8. The van der Waals surface area contributed by atoms with Crippen molar-refractivity contribution in [3.63, 3.8) is 0 Å². The number of benzene rings is 1. The van der Waals surface area contributed by atoms with Gasteiger partial charge in [0.05, 0.1) is 17.9 Å². The third-order valence-corrected chi connectivity index (χ3v) is 5.72. The highest BCUT2D eigenvalue weighted by atomic mass is 16.2. The number of rotatable bonds is 4. The Hall–Kier alpha value is -2.14. The Balaban J connectivity index is 1.35. The van der Waals surface area contributed by atoms with Crippen molar-refractivity contribution in [1.29, 1.82) is 0 Å². The first-order valence-electron chi connectivity index (χ1n) is 9.78. The third-order valence-electron chi connectivity index (χ3n) is 5.72. The van der Waals surface area contributed by atoms with E-state index < -0.39 is 0 Å². The number of piperidine rings is 1. The summed E-state index contributed by atoms with van der Waals surface area (Å²) in [6, 6.07) is 10.2. The molecule has 138 valence electrons. The number of imidazole rings is 1. The lowest BCUT2D eigenvalue weighted by Crippen LogP contribution is -2.37. The molecule has 1 atom stereocenters. The van der Waals surface area contributed by atoms with Gasteiger partial charge in [0.2, 0.25) is 5.91 Å². The molecule has 1 aromatic carbocycles. The van der Waals surface area contributed by atoms with E-state index in [4.69, 9.17) is 4.98 Å². The average Bonchev–Trinajstić information content (AvgIpc) is 3.10. The molecule has 0 radical (unpaired) electrons. The van der Waals surface area contributed by atoms with Gasteiger partial charge in [-0.3, -0.25) is 4.79 Å². The number of aromatic amines is 1. The van der Waals surface area contributed by atoms with Crippen molar-refractivity contribution in [2.24, 2.45) is 5.92 Å². The van der Waals surface area contributed by atoms with Crippen LogP contribution in [0.25, 0.3) is 11.4 Å². The van der Waals surface area contributed by atoms with Crippen molar-refractivity contribution in [3.05, 3.63) is 41.7 Å². The van der Waals surface area contributed by atoms with Gasteiger partial charge in [-0.15, -0.1) is 0 Å². The second kappa shape index (κ2) is 7.62. The Kier molecular flexibility index (Phi) is 5.07. The number of carbonyl (C=O) groups excluding carboxylic acids is 1. The number of H-pyrrole nitrogens is 1. The first kappa shape index (κ1) is 17.3. The molecule has 5 heteroatoms. The molecule has 1 N–H and O–H groups in total. The van der Waals surface area contributed by atoms with Gasteiger partial charge in [-0.2, -0.15) is 0 Å². The Morgan fingerprint density at radius 2 is 2.12 bits per heavy atom. The molecule has 26 heavy (non-hydrogen) atoms. The summed E-state index contributed by atoms with van der Waals surface area (Å²) in [6.07, 6.45) is 5.07. The van der Waals surface area contributed by atoms with E-state index in [9.17, 15) is 4.79 Å². The minimum absolute atomic E-state index is 0.291. The average molecular weight is 352 g/mol. The summed E-state index contributed by atoms with van der Waals surface area (Å²) in [6.45, 7) is 3.79. The fourth-order valence-corrected chi connectivity index (χ4v) is 4.23. The summed E-state index contributed by atoms with van der Waals surface area (Å²) >= 11 is 0. The summed E-state index contributed by atoms with van der Waals surface area (Å²) in [5.74, 6) is 1.88. The topological polar surface area (TPSA) is 52.2 Å². The summed E-state index contributed by atoms with van der Waals surface area (Å²) in [5, 5.41) is 0. The molecular weight excluding hydrogens is 324 g/mol. The van der Waals surface area contributed by atoms with Gasteiger partial charge in [0, 0.05) is 31.5 Å². The zero-order valence-corrected chi connectivity index (χ0v) is 15.6. The predicted octanol–water partition coefficient (Wildman–Crippen LogP) is 3.08. The highest BCUT2D eigenvalue weighted by Gasteiger charge is 2.25. The number of carbonyl (C=O) groups is 1. The predicted molar refractivity (Wildman–Crippen MR) is 103 cm³/mol. The lowest BCUT2D eigenvalue weighted by atomic mass is 9.93. The first-order chi connectivity index (χ1) is 12.7. The molecule has 1 amide bonds. The zero-order valence-electron chi connectivity index (χ0n) is 15.6. The molecule has 1 aromatic heterocycles. The van der Waals surface area contributed by atoms with Crippen molar-refractivity contribution < 1.29 is 4.79 Å². The fraction of sp³-hybridized carbons (Fsp3) is 0.524. The third kappa shape index (κ3) is 3.83. The van der Waals surface area contributed by atoms with Gasteiger partial charge >= 0.3 is 0 Å². The van der Waals surface area contributed by atoms with E-state index >= 15 is 0 Å². The van der Waals surface area contributed by atoms with E-state index in [1.54, 1.807) is 0 Å². The zero-order chi connectivity index (χ0) is 17.9. The van der Waals surface area contributed by atoms with Crippen LogP contribution in [0, 0.1) is 5.92 Å². The van der Waals surface area contributed by atoms with E-state index in [-0.39, 0.29) is 0 Å². The Bertz CT molecular complexity index is 755. The summed E-state index contributed by atoms with van der Waals surface area (Å²) in [7, 11) is 2.18. The molecular formula is C21H28N4O. The van der Waals surface area contributed by atoms with E-state index in [0.717, 1.165) is 48.7 Å². The molecule has 2 aliphatic heterocycles. The number of amides is 1. The van der Waals surface area contributed by atoms with Crippen LogP contribution in [0.5, 0.6) is 0 Å². The van der Waals surface area contributed by atoms with Gasteiger partial charge in [0.1, 0.15) is 5.82 Å². The lowest BCUT2D eigenvalue weighted by Gasteiger charge is -2.31. The van der Waals surface area contributed by atoms with Gasteiger partial charge in [0.15, 0.2) is 0 Å². The molecule has 0 spiro atoms. The van der Waals surface area contributed by atoms with Gasteiger partial charge in [-0.25, -0.2) is 4.98 Å². The number of nitrogens with one attached hydrogen (secondary N) is 1. The van der Waals surface area contributed by atoms with E-state index in [1.165, 1.54) is 19.4 Å². The smallest absolute Gasteiger partial charge is 0.222 e. The minimum Gasteiger partial charge on any atom is -0.340 e. The largest absolute Gasteiger partial charge is 0.340 e. The molecule has 1 fully saturated rings. The van der Waals surface area contributed by atoms with Gasteiger partial charge in [-0.05, 0) is 38.8 Å². The number of likely N-dealkylation sites (tertiary alicyclic amines) is 1. The maximum Gasteiger partial charge on any atom is 0.222 e. The monoisotopic (exact) mass is 352 g/mol. The fourth-order valence-electron chi connectivity index (χ4n) is 4.23. The summed E-state index contributed by atoms with van der Waals surface area (Å²) in [4.78, 5) is 25.3. The summed E-state index contributed by atoms with van der Waals surface area (Å²) < 4.78 is 0. The number of aromatic nitrogens is 2. The van der Waals surface area contributed by atoms with E-state index in [0.29, 0.717) is 24.8 Å². The molecule has 0 aliphatic carbocycles. The maximum absolute atomic E-state index is 12.7. The molecule has 3 heterocycles. The summed E-state index contributed by atoms with van der Waals surface area (Å²) in [5.41, 5.74) is 3.31.